The van der Waals surface area contributed by atoms with Crippen LogP contribution in [-0.4, -0.2) is 71.0 Å². The Morgan fingerprint density at radius 2 is 1.84 bits per heavy atom. The smallest absolute Gasteiger partial charge is 0.238 e. The van der Waals surface area contributed by atoms with Crippen LogP contribution in [-0.2, 0) is 16.1 Å². The molecular formula is C24H28N4O3. The number of hydrogen-bond donors (Lipinski definition) is 0. The number of Topliss-reactive ketones (excluding diaryl/α,β-unsaturated/α-hetero) is 1. The molecule has 1 aromatic carbocycles. The first-order valence-corrected chi connectivity index (χ1v) is 11.0. The summed E-state index contributed by atoms with van der Waals surface area (Å²) in [6, 6.07) is 11.7. The van der Waals surface area contributed by atoms with Crippen LogP contribution >= 0.6 is 0 Å². The maximum absolute atomic E-state index is 12.9. The lowest BCUT2D eigenvalue weighted by Gasteiger charge is -2.39. The summed E-state index contributed by atoms with van der Waals surface area (Å²) >= 11 is 0. The van der Waals surface area contributed by atoms with Crippen molar-refractivity contribution in [1.82, 2.24) is 14.8 Å². The number of carbonyl (C=O) groups is 2. The number of hydrogen-bond acceptors (Lipinski definition) is 6. The van der Waals surface area contributed by atoms with Crippen molar-refractivity contribution in [2.45, 2.75) is 38.1 Å². The number of fused-ring (bicyclic) bond motifs is 1. The summed E-state index contributed by atoms with van der Waals surface area (Å²) in [5.41, 5.74) is 2.77. The molecule has 162 valence electrons. The van der Waals surface area contributed by atoms with E-state index < -0.39 is 0 Å². The van der Waals surface area contributed by atoms with Crippen LogP contribution in [0, 0.1) is 0 Å². The van der Waals surface area contributed by atoms with Gasteiger partial charge in [0.25, 0.3) is 0 Å². The monoisotopic (exact) mass is 420 g/mol. The molecule has 1 amide bonds. The quantitative estimate of drug-likeness (QED) is 0.708. The van der Waals surface area contributed by atoms with E-state index >= 15 is 0 Å². The van der Waals surface area contributed by atoms with Crippen molar-refractivity contribution in [2.75, 3.05) is 37.6 Å². The van der Waals surface area contributed by atoms with Crippen LogP contribution in [0.15, 0.2) is 48.8 Å². The number of ketones is 1. The zero-order valence-electron chi connectivity index (χ0n) is 17.9. The van der Waals surface area contributed by atoms with E-state index in [1.165, 1.54) is 5.69 Å². The first-order chi connectivity index (χ1) is 15.0. The molecule has 2 aromatic rings. The summed E-state index contributed by atoms with van der Waals surface area (Å²) in [4.78, 5) is 34.9. The molecule has 3 saturated heterocycles. The molecule has 7 nitrogen and oxygen atoms in total. The predicted octanol–water partition coefficient (Wildman–Crippen LogP) is 2.32. The Balaban J connectivity index is 1.21. The minimum atomic E-state index is -0.233. The van der Waals surface area contributed by atoms with Gasteiger partial charge in [-0.15, -0.1) is 0 Å². The van der Waals surface area contributed by atoms with Crippen molar-refractivity contribution in [3.8, 4) is 0 Å². The fourth-order valence-electron chi connectivity index (χ4n) is 4.98. The number of aromatic nitrogens is 1. The highest BCUT2D eigenvalue weighted by molar-refractivity contribution is 5.94. The molecule has 0 bridgehead atoms. The molecule has 7 heteroatoms. The number of ether oxygens (including phenoxy) is 1. The number of nitrogens with zero attached hydrogens (tertiary/aromatic N) is 4. The van der Waals surface area contributed by atoms with E-state index in [9.17, 15) is 9.59 Å². The average Bonchev–Trinajstić information content (AvgIpc) is 3.13. The lowest BCUT2D eigenvalue weighted by molar-refractivity contribution is -0.149. The summed E-state index contributed by atoms with van der Waals surface area (Å²) in [5, 5.41) is 0. The van der Waals surface area contributed by atoms with Crippen LogP contribution in [0.25, 0.3) is 0 Å². The van der Waals surface area contributed by atoms with Crippen LogP contribution in [0.2, 0.25) is 0 Å². The summed E-state index contributed by atoms with van der Waals surface area (Å²) in [7, 11) is 0. The summed E-state index contributed by atoms with van der Waals surface area (Å²) < 4.78 is 6.55. The van der Waals surface area contributed by atoms with Gasteiger partial charge in [0.05, 0.1) is 18.7 Å². The molecule has 0 saturated carbocycles. The van der Waals surface area contributed by atoms with Gasteiger partial charge in [-0.05, 0) is 37.5 Å². The summed E-state index contributed by atoms with van der Waals surface area (Å²) in [5.74, 6) is 0.208. The van der Waals surface area contributed by atoms with Crippen molar-refractivity contribution < 1.29 is 14.3 Å². The van der Waals surface area contributed by atoms with Crippen molar-refractivity contribution in [3.63, 3.8) is 0 Å². The number of anilines is 1. The molecule has 3 aliphatic rings. The Hall–Kier alpha value is -2.77. The largest absolute Gasteiger partial charge is 0.371 e. The molecule has 31 heavy (non-hydrogen) atoms. The molecule has 0 N–H and O–H groups in total. The number of benzene rings is 1. The number of piperazine rings is 1. The number of amides is 1. The molecule has 1 unspecified atom stereocenters. The second kappa shape index (κ2) is 8.05. The van der Waals surface area contributed by atoms with Gasteiger partial charge in [0.1, 0.15) is 6.23 Å². The highest BCUT2D eigenvalue weighted by Crippen LogP contribution is 2.38. The maximum Gasteiger partial charge on any atom is 0.238 e. The molecule has 0 radical (unpaired) electrons. The van der Waals surface area contributed by atoms with E-state index in [2.05, 4.69) is 14.8 Å². The van der Waals surface area contributed by atoms with Crippen molar-refractivity contribution >= 4 is 17.4 Å². The van der Waals surface area contributed by atoms with Gasteiger partial charge in [-0.3, -0.25) is 19.5 Å². The zero-order valence-corrected chi connectivity index (χ0v) is 17.9. The molecule has 1 aromatic heterocycles. The molecule has 3 fully saturated rings. The molecule has 4 heterocycles. The Kier molecular flexibility index (Phi) is 5.24. The summed E-state index contributed by atoms with van der Waals surface area (Å²) in [6.07, 6.45) is 5.31. The highest BCUT2D eigenvalue weighted by Gasteiger charge is 2.50. The summed E-state index contributed by atoms with van der Waals surface area (Å²) in [6.45, 7) is 5.92. The second-order valence-electron chi connectivity index (χ2n) is 8.89. The lowest BCUT2D eigenvalue weighted by Crippen LogP contribution is -2.53. The number of rotatable bonds is 4. The van der Waals surface area contributed by atoms with E-state index in [0.29, 0.717) is 25.2 Å². The van der Waals surface area contributed by atoms with Gasteiger partial charge < -0.3 is 14.5 Å². The molecular weight excluding hydrogens is 392 g/mol. The van der Waals surface area contributed by atoms with Crippen LogP contribution in [0.3, 0.4) is 0 Å². The van der Waals surface area contributed by atoms with Crippen molar-refractivity contribution in [1.29, 1.82) is 0 Å². The number of carbonyl (C=O) groups excluding carboxylic acids is 2. The van der Waals surface area contributed by atoms with E-state index in [0.717, 1.165) is 38.0 Å². The number of pyridine rings is 1. The Morgan fingerprint density at radius 1 is 1.13 bits per heavy atom. The van der Waals surface area contributed by atoms with Crippen LogP contribution in [0.4, 0.5) is 5.69 Å². The first-order valence-electron chi connectivity index (χ1n) is 11.0. The molecule has 5 rings (SSSR count). The molecule has 3 aliphatic heterocycles. The highest BCUT2D eigenvalue weighted by atomic mass is 16.5. The molecule has 0 aliphatic carbocycles. The van der Waals surface area contributed by atoms with Gasteiger partial charge in [-0.2, -0.15) is 0 Å². The van der Waals surface area contributed by atoms with Crippen LogP contribution in [0.5, 0.6) is 0 Å². The minimum Gasteiger partial charge on any atom is -0.371 e. The van der Waals surface area contributed by atoms with Crippen LogP contribution < -0.4 is 4.90 Å². The van der Waals surface area contributed by atoms with Gasteiger partial charge in [-0.1, -0.05) is 24.3 Å². The predicted molar refractivity (Wildman–Crippen MR) is 117 cm³/mol. The third-order valence-corrected chi connectivity index (χ3v) is 6.75. The van der Waals surface area contributed by atoms with Gasteiger partial charge in [0, 0.05) is 49.8 Å². The van der Waals surface area contributed by atoms with Crippen molar-refractivity contribution in [2.24, 2.45) is 0 Å². The zero-order chi connectivity index (χ0) is 21.4. The van der Waals surface area contributed by atoms with E-state index in [-0.39, 0.29) is 23.5 Å². The normalized spacial score (nSPS) is 23.3. The third-order valence-electron chi connectivity index (χ3n) is 6.75. The maximum atomic E-state index is 12.9. The van der Waals surface area contributed by atoms with Gasteiger partial charge in [0.2, 0.25) is 5.91 Å². The van der Waals surface area contributed by atoms with E-state index in [1.807, 2.05) is 53.7 Å². The molecule has 1 spiro atoms. The second-order valence-corrected chi connectivity index (χ2v) is 8.89. The third kappa shape index (κ3) is 4.07. The Labute approximate surface area is 182 Å². The van der Waals surface area contributed by atoms with Gasteiger partial charge >= 0.3 is 0 Å². The van der Waals surface area contributed by atoms with Crippen molar-refractivity contribution in [3.05, 3.63) is 59.9 Å². The van der Waals surface area contributed by atoms with Crippen LogP contribution in [0.1, 0.15) is 35.7 Å². The van der Waals surface area contributed by atoms with E-state index in [1.54, 1.807) is 6.92 Å². The average molecular weight is 421 g/mol. The molecule has 1 atom stereocenters. The van der Waals surface area contributed by atoms with Gasteiger partial charge in [-0.25, -0.2) is 0 Å². The number of piperidine rings is 1. The Morgan fingerprint density at radius 3 is 2.52 bits per heavy atom. The standard InChI is InChI=1S/C24H28N4O3/c1-18(29)20-4-2-19(3-5-20)14-26-15-22(30)28-17-24(31-23(28)16-26)8-12-27(13-9-24)21-6-10-25-11-7-21/h2-7,10-11,23H,8-9,12-17H2,1H3. The lowest BCUT2D eigenvalue weighted by atomic mass is 9.91. The Bertz CT molecular complexity index is 955. The minimum absolute atomic E-state index is 0.0648. The topological polar surface area (TPSA) is 66.0 Å². The van der Waals surface area contributed by atoms with E-state index in [4.69, 9.17) is 4.74 Å². The first kappa shape index (κ1) is 20.2. The fourth-order valence-corrected chi connectivity index (χ4v) is 4.98. The van der Waals surface area contributed by atoms with Gasteiger partial charge in [0.15, 0.2) is 5.78 Å². The fraction of sp³-hybridized carbons (Fsp3) is 0.458. The SMILES string of the molecule is CC(=O)c1ccc(CN2CC(=O)N3CC4(CCN(c5ccncc5)CC4)OC3C2)cc1.